The number of aryl methyl sites for hydroxylation is 2. The van der Waals surface area contributed by atoms with Gasteiger partial charge in [-0.05, 0) is 48.4 Å². The largest absolute Gasteiger partial charge is 0.261 e. The number of rotatable bonds is 0. The van der Waals surface area contributed by atoms with Crippen molar-refractivity contribution < 1.29 is 0 Å². The summed E-state index contributed by atoms with van der Waals surface area (Å²) in [5, 5.41) is 0. The van der Waals surface area contributed by atoms with E-state index in [1.165, 1.54) is 29.7 Å². The molecule has 0 bridgehead atoms. The zero-order valence-corrected chi connectivity index (χ0v) is 9.82. The van der Waals surface area contributed by atoms with Crippen LogP contribution in [0.2, 0.25) is 0 Å². The van der Waals surface area contributed by atoms with Crippen LogP contribution in [0.3, 0.4) is 0 Å². The zero-order valence-electron chi connectivity index (χ0n) is 9.82. The predicted molar refractivity (Wildman–Crippen MR) is 68.1 cm³/mol. The molecule has 1 heteroatoms. The van der Waals surface area contributed by atoms with Crippen LogP contribution in [0.5, 0.6) is 0 Å². The Kier molecular flexibility index (Phi) is 1.77. The Bertz CT molecular complexity index is 532. The van der Waals surface area contributed by atoms with Crippen molar-refractivity contribution in [3.8, 4) is 0 Å². The van der Waals surface area contributed by atoms with Crippen molar-refractivity contribution in [2.45, 2.75) is 31.1 Å². The molecule has 0 saturated heterocycles. The smallest absolute Gasteiger partial charge is 0.0447 e. The van der Waals surface area contributed by atoms with E-state index in [4.69, 9.17) is 0 Å². The van der Waals surface area contributed by atoms with Gasteiger partial charge in [-0.15, -0.1) is 0 Å². The first kappa shape index (κ1) is 9.41. The maximum atomic E-state index is 4.60. The van der Waals surface area contributed by atoms with Crippen LogP contribution in [-0.4, -0.2) is 4.98 Å². The molecular formula is C16H15N. The van der Waals surface area contributed by atoms with Crippen molar-refractivity contribution in [1.82, 2.24) is 4.98 Å². The van der Waals surface area contributed by atoms with Crippen LogP contribution in [0, 0.1) is 0 Å². The van der Waals surface area contributed by atoms with Gasteiger partial charge in [0, 0.05) is 17.3 Å². The third-order valence-corrected chi connectivity index (χ3v) is 4.32. The van der Waals surface area contributed by atoms with E-state index in [-0.39, 0.29) is 0 Å². The molecular weight excluding hydrogens is 206 g/mol. The molecule has 0 atom stereocenters. The van der Waals surface area contributed by atoms with Crippen LogP contribution in [-0.2, 0) is 18.3 Å². The van der Waals surface area contributed by atoms with Crippen LogP contribution >= 0.6 is 0 Å². The normalized spacial score (nSPS) is 19.3. The van der Waals surface area contributed by atoms with Crippen molar-refractivity contribution in [1.29, 1.82) is 0 Å². The Morgan fingerprint density at radius 2 is 1.71 bits per heavy atom. The number of benzene rings is 1. The summed E-state index contributed by atoms with van der Waals surface area (Å²) in [7, 11) is 0. The van der Waals surface area contributed by atoms with Gasteiger partial charge in [0.15, 0.2) is 0 Å². The zero-order chi connectivity index (χ0) is 11.3. The van der Waals surface area contributed by atoms with Crippen LogP contribution in [0.4, 0.5) is 0 Å². The van der Waals surface area contributed by atoms with Crippen molar-refractivity contribution >= 4 is 0 Å². The van der Waals surface area contributed by atoms with Gasteiger partial charge in [-0.25, -0.2) is 0 Å². The minimum absolute atomic E-state index is 0.316. The molecule has 84 valence electrons. The molecule has 2 aliphatic carbocycles. The number of hydrogen-bond acceptors (Lipinski definition) is 1. The third-order valence-electron chi connectivity index (χ3n) is 4.32. The van der Waals surface area contributed by atoms with Gasteiger partial charge < -0.3 is 0 Å². The second-order valence-corrected chi connectivity index (χ2v) is 5.24. The molecule has 1 heterocycles. The van der Waals surface area contributed by atoms with Gasteiger partial charge in [0.2, 0.25) is 0 Å². The van der Waals surface area contributed by atoms with Crippen LogP contribution in [0.15, 0.2) is 42.6 Å². The molecule has 0 radical (unpaired) electrons. The Morgan fingerprint density at radius 1 is 0.882 bits per heavy atom. The van der Waals surface area contributed by atoms with E-state index >= 15 is 0 Å². The molecule has 1 aromatic heterocycles. The molecule has 0 aliphatic heterocycles. The highest BCUT2D eigenvalue weighted by atomic mass is 14.7. The minimum atomic E-state index is 0.316. The van der Waals surface area contributed by atoms with E-state index in [0.29, 0.717) is 5.41 Å². The van der Waals surface area contributed by atoms with Gasteiger partial charge in [0.05, 0.1) is 0 Å². The SMILES string of the molecule is c1ccc2c(c1)CCc1ncccc1C21CC1. The maximum Gasteiger partial charge on any atom is 0.0447 e. The molecule has 2 aliphatic rings. The molecule has 4 rings (SSSR count). The monoisotopic (exact) mass is 221 g/mol. The number of fused-ring (bicyclic) bond motifs is 4. The van der Waals surface area contributed by atoms with Gasteiger partial charge in [-0.1, -0.05) is 30.3 Å². The summed E-state index contributed by atoms with van der Waals surface area (Å²) in [5.41, 5.74) is 6.22. The summed E-state index contributed by atoms with van der Waals surface area (Å²) in [5.74, 6) is 0. The molecule has 2 aromatic rings. The molecule has 17 heavy (non-hydrogen) atoms. The maximum absolute atomic E-state index is 4.60. The van der Waals surface area contributed by atoms with Gasteiger partial charge in [-0.2, -0.15) is 0 Å². The Hall–Kier alpha value is -1.63. The first-order valence-electron chi connectivity index (χ1n) is 6.43. The summed E-state index contributed by atoms with van der Waals surface area (Å²) in [6.45, 7) is 0. The lowest BCUT2D eigenvalue weighted by molar-refractivity contribution is 0.826. The average Bonchev–Trinajstić information content (AvgIpc) is 3.19. The Balaban J connectivity index is 2.00. The molecule has 0 amide bonds. The van der Waals surface area contributed by atoms with Crippen molar-refractivity contribution in [2.24, 2.45) is 0 Å². The second-order valence-electron chi connectivity index (χ2n) is 5.24. The minimum Gasteiger partial charge on any atom is -0.261 e. The standard InChI is InChI=1S/C16H15N/c1-2-5-13-12(4-1)7-8-15-14(6-3-11-17-15)16(13)9-10-16/h1-6,11H,7-10H2. The topological polar surface area (TPSA) is 12.9 Å². The van der Waals surface area contributed by atoms with E-state index < -0.39 is 0 Å². The fourth-order valence-corrected chi connectivity index (χ4v) is 3.34. The molecule has 1 fully saturated rings. The van der Waals surface area contributed by atoms with E-state index in [1.54, 1.807) is 5.56 Å². The van der Waals surface area contributed by atoms with E-state index in [0.717, 1.165) is 12.8 Å². The van der Waals surface area contributed by atoms with E-state index in [9.17, 15) is 0 Å². The van der Waals surface area contributed by atoms with Crippen molar-refractivity contribution in [3.63, 3.8) is 0 Å². The van der Waals surface area contributed by atoms with Crippen LogP contribution < -0.4 is 0 Å². The van der Waals surface area contributed by atoms with Gasteiger partial charge >= 0.3 is 0 Å². The number of hydrogen-bond donors (Lipinski definition) is 0. The van der Waals surface area contributed by atoms with Gasteiger partial charge in [0.1, 0.15) is 0 Å². The second kappa shape index (κ2) is 3.19. The third kappa shape index (κ3) is 1.22. The van der Waals surface area contributed by atoms with E-state index in [1.807, 2.05) is 6.20 Å². The fourth-order valence-electron chi connectivity index (χ4n) is 3.34. The summed E-state index contributed by atoms with van der Waals surface area (Å²) >= 11 is 0. The van der Waals surface area contributed by atoms with Gasteiger partial charge in [0.25, 0.3) is 0 Å². The fraction of sp³-hybridized carbons (Fsp3) is 0.312. The Morgan fingerprint density at radius 3 is 2.59 bits per heavy atom. The highest BCUT2D eigenvalue weighted by molar-refractivity contribution is 5.52. The summed E-state index contributed by atoms with van der Waals surface area (Å²) in [6.07, 6.45) is 6.76. The first-order chi connectivity index (χ1) is 8.40. The Labute approximate surface area is 102 Å². The highest BCUT2D eigenvalue weighted by Gasteiger charge is 2.49. The quantitative estimate of drug-likeness (QED) is 0.665. The molecule has 0 N–H and O–H groups in total. The average molecular weight is 221 g/mol. The molecule has 1 aromatic carbocycles. The number of nitrogens with zero attached hydrogens (tertiary/aromatic N) is 1. The summed E-state index contributed by atoms with van der Waals surface area (Å²) in [6, 6.07) is 13.3. The van der Waals surface area contributed by atoms with Crippen LogP contribution in [0.25, 0.3) is 0 Å². The number of aromatic nitrogens is 1. The highest BCUT2D eigenvalue weighted by Crippen LogP contribution is 2.56. The molecule has 1 nitrogen and oxygen atoms in total. The van der Waals surface area contributed by atoms with Crippen molar-refractivity contribution in [3.05, 3.63) is 65.0 Å². The van der Waals surface area contributed by atoms with E-state index in [2.05, 4.69) is 41.4 Å². The first-order valence-corrected chi connectivity index (χ1v) is 6.43. The summed E-state index contributed by atoms with van der Waals surface area (Å²) < 4.78 is 0. The van der Waals surface area contributed by atoms with Crippen LogP contribution in [0.1, 0.15) is 35.2 Å². The molecule has 1 spiro atoms. The number of pyridine rings is 1. The predicted octanol–water partition coefficient (Wildman–Crippen LogP) is 3.26. The lowest BCUT2D eigenvalue weighted by Crippen LogP contribution is -2.11. The lowest BCUT2D eigenvalue weighted by Gasteiger charge is -2.18. The molecule has 0 unspecified atom stereocenters. The lowest BCUT2D eigenvalue weighted by atomic mass is 9.86. The molecule has 1 saturated carbocycles. The van der Waals surface area contributed by atoms with Gasteiger partial charge in [-0.3, -0.25) is 4.98 Å². The van der Waals surface area contributed by atoms with Crippen molar-refractivity contribution in [2.75, 3.05) is 0 Å². The summed E-state index contributed by atoms with van der Waals surface area (Å²) in [4.78, 5) is 4.60.